The van der Waals surface area contributed by atoms with Gasteiger partial charge in [-0.2, -0.15) is 0 Å². The highest BCUT2D eigenvalue weighted by atomic mass is 79.9. The van der Waals surface area contributed by atoms with E-state index < -0.39 is 4.92 Å². The van der Waals surface area contributed by atoms with Crippen molar-refractivity contribution in [2.75, 3.05) is 5.32 Å². The zero-order valence-electron chi connectivity index (χ0n) is 12.7. The predicted octanol–water partition coefficient (Wildman–Crippen LogP) is 5.22. The lowest BCUT2D eigenvalue weighted by atomic mass is 10.1. The van der Waals surface area contributed by atoms with Gasteiger partial charge in [-0.1, -0.05) is 28.1 Å². The summed E-state index contributed by atoms with van der Waals surface area (Å²) in [6.45, 7) is 1.86. The molecule has 0 bridgehead atoms. The minimum absolute atomic E-state index is 0.102. The van der Waals surface area contributed by atoms with Crippen molar-refractivity contribution in [3.05, 3.63) is 74.6 Å². The highest BCUT2D eigenvalue weighted by Gasteiger charge is 2.20. The number of nitrogens with zero attached hydrogens (tertiary/aromatic N) is 2. The van der Waals surface area contributed by atoms with E-state index >= 15 is 0 Å². The number of nitro groups is 1. The van der Waals surface area contributed by atoms with Crippen LogP contribution in [0.3, 0.4) is 0 Å². The Kier molecular flexibility index (Phi) is 4.44. The first kappa shape index (κ1) is 16.3. The van der Waals surface area contributed by atoms with Gasteiger partial charge in [-0.05, 0) is 42.8 Å². The van der Waals surface area contributed by atoms with Gasteiger partial charge >= 0.3 is 5.69 Å². The summed E-state index contributed by atoms with van der Waals surface area (Å²) in [4.78, 5) is 15.1. The zero-order chi connectivity index (χ0) is 17.3. The van der Waals surface area contributed by atoms with E-state index in [1.807, 2.05) is 13.0 Å². The van der Waals surface area contributed by atoms with Crippen LogP contribution >= 0.6 is 15.9 Å². The molecule has 0 saturated carbocycles. The van der Waals surface area contributed by atoms with E-state index in [1.54, 1.807) is 24.3 Å². The number of hydrogen-bond acceptors (Lipinski definition) is 4. The molecule has 3 aromatic rings. The molecule has 0 spiro atoms. The predicted molar refractivity (Wildman–Crippen MR) is 94.5 cm³/mol. The molecule has 0 aliphatic heterocycles. The third-order valence-electron chi connectivity index (χ3n) is 3.74. The average molecular weight is 390 g/mol. The number of aromatic nitrogens is 1. The SMILES string of the molecule is CC(Nc1c([N+](=O)[O-])cnc2ccc(Br)cc12)c1ccc(F)cc1. The molecule has 3 rings (SSSR count). The highest BCUT2D eigenvalue weighted by molar-refractivity contribution is 9.10. The smallest absolute Gasteiger partial charge is 0.311 e. The molecule has 0 aliphatic rings. The summed E-state index contributed by atoms with van der Waals surface area (Å²) >= 11 is 3.38. The summed E-state index contributed by atoms with van der Waals surface area (Å²) in [5, 5.41) is 15.2. The Morgan fingerprint density at radius 1 is 1.25 bits per heavy atom. The van der Waals surface area contributed by atoms with E-state index in [1.165, 1.54) is 18.3 Å². The molecule has 0 amide bonds. The van der Waals surface area contributed by atoms with E-state index in [4.69, 9.17) is 0 Å². The maximum Gasteiger partial charge on any atom is 0.311 e. The number of nitrogens with one attached hydrogen (secondary N) is 1. The second kappa shape index (κ2) is 6.52. The lowest BCUT2D eigenvalue weighted by Crippen LogP contribution is -2.09. The zero-order valence-corrected chi connectivity index (χ0v) is 14.2. The molecule has 122 valence electrons. The molecule has 0 aliphatic carbocycles. The summed E-state index contributed by atoms with van der Waals surface area (Å²) in [6, 6.07) is 11.2. The van der Waals surface area contributed by atoms with Gasteiger partial charge in [0.2, 0.25) is 0 Å². The molecule has 0 fully saturated rings. The Morgan fingerprint density at radius 3 is 2.62 bits per heavy atom. The largest absolute Gasteiger partial charge is 0.372 e. The molecule has 2 aromatic carbocycles. The molecule has 0 saturated heterocycles. The normalized spacial score (nSPS) is 12.1. The van der Waals surface area contributed by atoms with E-state index in [0.717, 1.165) is 10.0 Å². The first-order chi connectivity index (χ1) is 11.5. The molecular formula is C17H13BrFN3O2. The molecule has 5 nitrogen and oxygen atoms in total. The van der Waals surface area contributed by atoms with Gasteiger partial charge in [0.1, 0.15) is 17.7 Å². The highest BCUT2D eigenvalue weighted by Crippen LogP contribution is 2.35. The number of benzene rings is 2. The maximum absolute atomic E-state index is 13.1. The topological polar surface area (TPSA) is 68.1 Å². The number of fused-ring (bicyclic) bond motifs is 1. The van der Waals surface area contributed by atoms with Gasteiger partial charge in [0.15, 0.2) is 0 Å². The van der Waals surface area contributed by atoms with Gasteiger partial charge in [0, 0.05) is 15.9 Å². The van der Waals surface area contributed by atoms with Crippen molar-refractivity contribution in [2.24, 2.45) is 0 Å². The molecule has 7 heteroatoms. The first-order valence-corrected chi connectivity index (χ1v) is 7.99. The Hall–Kier alpha value is -2.54. The van der Waals surface area contributed by atoms with E-state index in [0.29, 0.717) is 16.6 Å². The minimum atomic E-state index is -0.465. The quantitative estimate of drug-likeness (QED) is 0.490. The van der Waals surface area contributed by atoms with Crippen LogP contribution in [-0.4, -0.2) is 9.91 Å². The summed E-state index contributed by atoms with van der Waals surface area (Å²) in [5.41, 5.74) is 1.76. The Labute approximate surface area is 145 Å². The van der Waals surface area contributed by atoms with Crippen molar-refractivity contribution in [1.82, 2.24) is 4.98 Å². The third-order valence-corrected chi connectivity index (χ3v) is 4.23. The Morgan fingerprint density at radius 2 is 1.96 bits per heavy atom. The Balaban J connectivity index is 2.09. The third kappa shape index (κ3) is 3.21. The monoisotopic (exact) mass is 389 g/mol. The van der Waals surface area contributed by atoms with Crippen LogP contribution in [0, 0.1) is 15.9 Å². The van der Waals surface area contributed by atoms with Crippen LogP contribution in [0.1, 0.15) is 18.5 Å². The van der Waals surface area contributed by atoms with Crippen molar-refractivity contribution in [1.29, 1.82) is 0 Å². The van der Waals surface area contributed by atoms with Gasteiger partial charge < -0.3 is 5.32 Å². The van der Waals surface area contributed by atoms with E-state index in [2.05, 4.69) is 26.2 Å². The molecule has 24 heavy (non-hydrogen) atoms. The van der Waals surface area contributed by atoms with Crippen molar-refractivity contribution in [3.8, 4) is 0 Å². The van der Waals surface area contributed by atoms with Crippen LogP contribution in [0.2, 0.25) is 0 Å². The fraction of sp³-hybridized carbons (Fsp3) is 0.118. The molecule has 1 atom stereocenters. The molecule has 1 aromatic heterocycles. The van der Waals surface area contributed by atoms with E-state index in [-0.39, 0.29) is 17.5 Å². The lowest BCUT2D eigenvalue weighted by molar-refractivity contribution is -0.384. The van der Waals surface area contributed by atoms with Crippen molar-refractivity contribution in [2.45, 2.75) is 13.0 Å². The van der Waals surface area contributed by atoms with Gasteiger partial charge in [-0.25, -0.2) is 9.37 Å². The lowest BCUT2D eigenvalue weighted by Gasteiger charge is -2.17. The molecule has 1 heterocycles. The van der Waals surface area contributed by atoms with Crippen molar-refractivity contribution in [3.63, 3.8) is 0 Å². The van der Waals surface area contributed by atoms with Crippen LogP contribution in [0.4, 0.5) is 15.8 Å². The number of anilines is 1. The van der Waals surface area contributed by atoms with Gasteiger partial charge in [0.05, 0.1) is 10.4 Å². The second-order valence-electron chi connectivity index (χ2n) is 5.35. The number of halogens is 2. The van der Waals surface area contributed by atoms with Crippen LogP contribution in [-0.2, 0) is 0 Å². The van der Waals surface area contributed by atoms with Crippen LogP contribution < -0.4 is 5.32 Å². The van der Waals surface area contributed by atoms with Crippen molar-refractivity contribution < 1.29 is 9.31 Å². The molecule has 1 N–H and O–H groups in total. The second-order valence-corrected chi connectivity index (χ2v) is 6.27. The summed E-state index contributed by atoms with van der Waals surface area (Å²) < 4.78 is 13.9. The van der Waals surface area contributed by atoms with Crippen molar-refractivity contribution >= 4 is 38.2 Å². The molecular weight excluding hydrogens is 377 g/mol. The molecule has 1 unspecified atom stereocenters. The van der Waals surface area contributed by atoms with E-state index in [9.17, 15) is 14.5 Å². The maximum atomic E-state index is 13.1. The average Bonchev–Trinajstić information content (AvgIpc) is 2.55. The van der Waals surface area contributed by atoms with Gasteiger partial charge in [-0.15, -0.1) is 0 Å². The fourth-order valence-corrected chi connectivity index (χ4v) is 2.86. The summed E-state index contributed by atoms with van der Waals surface area (Å²) in [6.07, 6.45) is 1.25. The first-order valence-electron chi connectivity index (χ1n) is 7.20. The number of pyridine rings is 1. The molecule has 0 radical (unpaired) electrons. The Bertz CT molecular complexity index is 916. The van der Waals surface area contributed by atoms with Crippen LogP contribution in [0.25, 0.3) is 10.9 Å². The summed E-state index contributed by atoms with van der Waals surface area (Å²) in [5.74, 6) is -0.324. The number of rotatable bonds is 4. The fourth-order valence-electron chi connectivity index (χ4n) is 2.50. The standard InChI is InChI=1S/C17H13BrFN3O2/c1-10(11-2-5-13(19)6-3-11)21-17-14-8-12(18)4-7-15(14)20-9-16(17)22(23)24/h2-10H,1H3,(H,20,21). The minimum Gasteiger partial charge on any atom is -0.372 e. The van der Waals surface area contributed by atoms with Crippen LogP contribution in [0.15, 0.2) is 53.1 Å². The van der Waals surface area contributed by atoms with Crippen LogP contribution in [0.5, 0.6) is 0 Å². The van der Waals surface area contributed by atoms with Gasteiger partial charge in [0.25, 0.3) is 0 Å². The summed E-state index contributed by atoms with van der Waals surface area (Å²) in [7, 11) is 0. The number of hydrogen-bond donors (Lipinski definition) is 1. The van der Waals surface area contributed by atoms with Gasteiger partial charge in [-0.3, -0.25) is 10.1 Å².